The smallest absolute Gasteiger partial charge is 0.00209 e. The molecule has 0 atom stereocenters. The van der Waals surface area contributed by atoms with Crippen molar-refractivity contribution in [1.82, 2.24) is 0 Å². The molecule has 0 fully saturated rings. The van der Waals surface area contributed by atoms with Crippen LogP contribution in [-0.2, 0) is 12.8 Å². The predicted octanol–water partition coefficient (Wildman–Crippen LogP) is 11.7. The van der Waals surface area contributed by atoms with Crippen molar-refractivity contribution in [3.05, 3.63) is 129 Å². The molecule has 0 heterocycles. The Morgan fingerprint density at radius 1 is 0.310 bits per heavy atom. The third-order valence-corrected chi connectivity index (χ3v) is 10.1. The van der Waals surface area contributed by atoms with Crippen LogP contribution in [0.3, 0.4) is 0 Å². The molecule has 0 aliphatic rings. The molecule has 0 aliphatic carbocycles. The monoisotopic (exact) mass is 540 g/mol. The first-order valence-corrected chi connectivity index (χ1v) is 15.3. The Labute approximate surface area is 247 Å². The van der Waals surface area contributed by atoms with Gasteiger partial charge in [0.2, 0.25) is 0 Å². The van der Waals surface area contributed by atoms with E-state index >= 15 is 0 Å². The van der Waals surface area contributed by atoms with Crippen LogP contribution < -0.4 is 0 Å². The molecule has 8 aromatic carbocycles. The molecule has 0 bridgehead atoms. The minimum atomic E-state index is 1.03. The van der Waals surface area contributed by atoms with Crippen molar-refractivity contribution in [3.8, 4) is 0 Å². The van der Waals surface area contributed by atoms with E-state index in [9.17, 15) is 0 Å². The van der Waals surface area contributed by atoms with Gasteiger partial charge < -0.3 is 0 Å². The number of rotatable bonds is 3. The summed E-state index contributed by atoms with van der Waals surface area (Å²) in [5.74, 6) is 0. The van der Waals surface area contributed by atoms with Crippen LogP contribution in [0.5, 0.6) is 0 Å². The molecule has 0 N–H and O–H groups in total. The first-order chi connectivity index (χ1) is 20.3. The van der Waals surface area contributed by atoms with Crippen LogP contribution in [0.1, 0.15) is 44.5 Å². The van der Waals surface area contributed by atoms with Crippen molar-refractivity contribution in [1.29, 1.82) is 0 Å². The lowest BCUT2D eigenvalue weighted by Gasteiger charge is -2.20. The molecule has 0 amide bonds. The molecule has 0 aromatic heterocycles. The molecule has 42 heavy (non-hydrogen) atoms. The van der Waals surface area contributed by atoms with Gasteiger partial charge in [0.15, 0.2) is 0 Å². The fraction of sp³-hybridized carbons (Fsp3) is 0.190. The van der Waals surface area contributed by atoms with Crippen molar-refractivity contribution in [2.45, 2.75) is 54.4 Å². The van der Waals surface area contributed by atoms with E-state index in [4.69, 9.17) is 0 Å². The zero-order valence-electron chi connectivity index (χ0n) is 25.5. The average molecular weight is 541 g/mol. The summed E-state index contributed by atoms with van der Waals surface area (Å²) in [5.41, 5.74) is 11.1. The highest BCUT2D eigenvalue weighted by atomic mass is 14.2. The van der Waals surface area contributed by atoms with E-state index in [1.165, 1.54) is 109 Å². The summed E-state index contributed by atoms with van der Waals surface area (Å²) in [7, 11) is 0. The highest BCUT2D eigenvalue weighted by Crippen LogP contribution is 2.43. The fourth-order valence-corrected chi connectivity index (χ4v) is 7.76. The van der Waals surface area contributed by atoms with Crippen molar-refractivity contribution in [2.24, 2.45) is 0 Å². The van der Waals surface area contributed by atoms with Crippen molar-refractivity contribution in [2.75, 3.05) is 0 Å². The van der Waals surface area contributed by atoms with Gasteiger partial charge in [-0.1, -0.05) is 72.8 Å². The van der Waals surface area contributed by atoms with Gasteiger partial charge in [-0.3, -0.25) is 0 Å². The Balaban J connectivity index is 1.27. The first-order valence-electron chi connectivity index (χ1n) is 15.3. The molecule has 0 heteroatoms. The van der Waals surface area contributed by atoms with Crippen LogP contribution >= 0.6 is 0 Å². The van der Waals surface area contributed by atoms with E-state index in [-0.39, 0.29) is 0 Å². The van der Waals surface area contributed by atoms with Crippen LogP contribution in [0.15, 0.2) is 84.9 Å². The predicted molar refractivity (Wildman–Crippen MR) is 185 cm³/mol. The fourth-order valence-electron chi connectivity index (χ4n) is 7.76. The average Bonchev–Trinajstić information content (AvgIpc) is 2.97. The topological polar surface area (TPSA) is 0 Å². The summed E-state index contributed by atoms with van der Waals surface area (Å²) in [6.07, 6.45) is 2.07. The molecular formula is C42H36. The van der Waals surface area contributed by atoms with E-state index in [2.05, 4.69) is 126 Å². The largest absolute Gasteiger partial charge is 0.0581 e. The van der Waals surface area contributed by atoms with E-state index < -0.39 is 0 Å². The molecule has 0 spiro atoms. The third kappa shape index (κ3) is 3.61. The van der Waals surface area contributed by atoms with Gasteiger partial charge in [0, 0.05) is 0 Å². The number of benzene rings is 8. The standard InChI is InChI=1S/C42H36/c1-23-7-13-35-37-15-9-25(3)40-29(12-16-38(42(37)40)36-14-8-24(2)39(23)41(35)36)10-11-30-20-34-22-32-18-27(5)26(4)17-31(32)21-33(34)19-28(30)6/h7-9,12-22H,10-11H2,1-6H3. The molecule has 8 rings (SSSR count). The minimum absolute atomic E-state index is 1.03. The Morgan fingerprint density at radius 2 is 0.714 bits per heavy atom. The maximum absolute atomic E-state index is 2.44. The van der Waals surface area contributed by atoms with Crippen molar-refractivity contribution < 1.29 is 0 Å². The lowest BCUT2D eigenvalue weighted by Crippen LogP contribution is -1.98. The van der Waals surface area contributed by atoms with Crippen LogP contribution in [0.25, 0.3) is 64.6 Å². The van der Waals surface area contributed by atoms with Gasteiger partial charge in [-0.2, -0.15) is 0 Å². The van der Waals surface area contributed by atoms with E-state index in [1.54, 1.807) is 0 Å². The Kier molecular flexibility index (Phi) is 5.44. The summed E-state index contributed by atoms with van der Waals surface area (Å²) in [4.78, 5) is 0. The molecule has 204 valence electrons. The molecule has 0 radical (unpaired) electrons. The van der Waals surface area contributed by atoms with E-state index in [1.807, 2.05) is 0 Å². The van der Waals surface area contributed by atoms with Crippen LogP contribution in [0, 0.1) is 41.5 Å². The zero-order chi connectivity index (χ0) is 28.9. The molecule has 8 aromatic rings. The van der Waals surface area contributed by atoms with E-state index in [0.29, 0.717) is 0 Å². The van der Waals surface area contributed by atoms with Gasteiger partial charge >= 0.3 is 0 Å². The summed E-state index contributed by atoms with van der Waals surface area (Å²) >= 11 is 0. The van der Waals surface area contributed by atoms with Gasteiger partial charge in [0.25, 0.3) is 0 Å². The second-order valence-electron chi connectivity index (χ2n) is 12.8. The minimum Gasteiger partial charge on any atom is -0.0581 e. The summed E-state index contributed by atoms with van der Waals surface area (Å²) in [6, 6.07) is 33.1. The van der Waals surface area contributed by atoms with Gasteiger partial charge in [0.1, 0.15) is 0 Å². The van der Waals surface area contributed by atoms with Gasteiger partial charge in [0.05, 0.1) is 0 Å². The van der Waals surface area contributed by atoms with Crippen LogP contribution in [0.2, 0.25) is 0 Å². The number of hydrogen-bond donors (Lipinski definition) is 0. The van der Waals surface area contributed by atoms with Crippen LogP contribution in [0.4, 0.5) is 0 Å². The molecular weight excluding hydrogens is 504 g/mol. The number of aryl methyl sites for hydroxylation is 8. The number of fused-ring (bicyclic) bond motifs is 4. The normalized spacial score (nSPS) is 12.2. The SMILES string of the molecule is Cc1cc2cc3cc(C)c(CCc4ccc5c6ccc(C)c7c(C)ccc(c8ccc(C)c4c85)c76)cc3cc2cc1C. The Hall–Kier alpha value is -4.42. The highest BCUT2D eigenvalue weighted by molar-refractivity contribution is 6.34. The van der Waals surface area contributed by atoms with Gasteiger partial charge in [-0.05, 0) is 176 Å². The Bertz CT molecular complexity index is 2340. The van der Waals surface area contributed by atoms with Gasteiger partial charge in [-0.15, -0.1) is 0 Å². The summed E-state index contributed by atoms with van der Waals surface area (Å²) < 4.78 is 0. The van der Waals surface area contributed by atoms with Gasteiger partial charge in [-0.25, -0.2) is 0 Å². The second-order valence-corrected chi connectivity index (χ2v) is 12.8. The second kappa shape index (κ2) is 9.04. The maximum Gasteiger partial charge on any atom is -0.00209 e. The molecule has 0 saturated heterocycles. The lowest BCUT2D eigenvalue weighted by molar-refractivity contribution is 0.960. The van der Waals surface area contributed by atoms with Crippen molar-refractivity contribution >= 4 is 64.6 Å². The maximum atomic E-state index is 2.44. The van der Waals surface area contributed by atoms with Crippen molar-refractivity contribution in [3.63, 3.8) is 0 Å². The van der Waals surface area contributed by atoms with E-state index in [0.717, 1.165) is 12.8 Å². The number of hydrogen-bond acceptors (Lipinski definition) is 0. The first kappa shape index (κ1) is 25.3. The highest BCUT2D eigenvalue weighted by Gasteiger charge is 2.18. The third-order valence-electron chi connectivity index (χ3n) is 10.1. The summed E-state index contributed by atoms with van der Waals surface area (Å²) in [6.45, 7) is 13.5. The Morgan fingerprint density at radius 3 is 1.26 bits per heavy atom. The van der Waals surface area contributed by atoms with Crippen LogP contribution in [-0.4, -0.2) is 0 Å². The molecule has 0 saturated carbocycles. The zero-order valence-corrected chi connectivity index (χ0v) is 25.5. The quantitative estimate of drug-likeness (QED) is 0.154. The molecule has 0 unspecified atom stereocenters. The molecule has 0 aliphatic heterocycles. The molecule has 0 nitrogen and oxygen atoms in total. The lowest BCUT2D eigenvalue weighted by atomic mass is 9.84. The summed E-state index contributed by atoms with van der Waals surface area (Å²) in [5, 5.41) is 16.6.